The van der Waals surface area contributed by atoms with Crippen molar-refractivity contribution >= 4 is 33.7 Å². The first-order chi connectivity index (χ1) is 17.5. The van der Waals surface area contributed by atoms with Crippen molar-refractivity contribution in [3.8, 4) is 17.2 Å². The van der Waals surface area contributed by atoms with E-state index in [-0.39, 0.29) is 36.2 Å². The Morgan fingerprint density at radius 2 is 1.83 bits per heavy atom. The highest BCUT2D eigenvalue weighted by molar-refractivity contribution is 5.91. The standard InChI is InChI=1S/C26H19N3O7/c1-33-22-7-13(5-19-25(22)28-18-8-15(29(31)32)2-3-17(18)27-19)23-16-9-21-20(35-11-36-21)6-12(16)4-14-10-34-26(30)24(14)23/h2-3,5-9,14,23-24H,4,10-11H2,1H3/t14-,23+,24-/m0/s1. The summed E-state index contributed by atoms with van der Waals surface area (Å²) in [5, 5.41) is 11.2. The predicted octanol–water partition coefficient (Wildman–Crippen LogP) is 3.91. The summed E-state index contributed by atoms with van der Waals surface area (Å²) in [4.78, 5) is 33.0. The minimum atomic E-state index is -0.464. The van der Waals surface area contributed by atoms with Gasteiger partial charge in [0.2, 0.25) is 6.79 Å². The number of benzene rings is 3. The first-order valence-electron chi connectivity index (χ1n) is 11.5. The molecule has 3 aliphatic rings. The molecule has 3 aromatic carbocycles. The third kappa shape index (κ3) is 3.00. The molecule has 1 aromatic heterocycles. The molecule has 0 amide bonds. The second kappa shape index (κ2) is 7.51. The van der Waals surface area contributed by atoms with Crippen LogP contribution in [-0.4, -0.2) is 41.4 Å². The summed E-state index contributed by atoms with van der Waals surface area (Å²) < 4.78 is 22.4. The topological polar surface area (TPSA) is 123 Å². The number of hydrogen-bond acceptors (Lipinski definition) is 9. The van der Waals surface area contributed by atoms with E-state index in [0.717, 1.165) is 16.7 Å². The Balaban J connectivity index is 1.45. The van der Waals surface area contributed by atoms with Gasteiger partial charge in [0, 0.05) is 24.0 Å². The number of hydrogen-bond donors (Lipinski definition) is 0. The molecule has 10 nitrogen and oxygen atoms in total. The van der Waals surface area contributed by atoms with Crippen LogP contribution in [0.5, 0.6) is 17.2 Å². The number of nitro benzene ring substituents is 1. The van der Waals surface area contributed by atoms with Crippen molar-refractivity contribution in [1.29, 1.82) is 0 Å². The number of nitro groups is 1. The van der Waals surface area contributed by atoms with Crippen molar-refractivity contribution in [2.45, 2.75) is 12.3 Å². The highest BCUT2D eigenvalue weighted by Gasteiger charge is 2.48. The summed E-state index contributed by atoms with van der Waals surface area (Å²) in [5.41, 5.74) is 4.86. The van der Waals surface area contributed by atoms with Gasteiger partial charge in [0.05, 0.1) is 41.1 Å². The fraction of sp³-hybridized carbons (Fsp3) is 0.269. The van der Waals surface area contributed by atoms with Crippen LogP contribution in [0.4, 0.5) is 5.69 Å². The molecule has 0 bridgehead atoms. The lowest BCUT2D eigenvalue weighted by atomic mass is 9.67. The molecular weight excluding hydrogens is 466 g/mol. The Morgan fingerprint density at radius 1 is 1.00 bits per heavy atom. The van der Waals surface area contributed by atoms with E-state index >= 15 is 0 Å². The Bertz CT molecular complexity index is 1620. The number of carbonyl (C=O) groups is 1. The van der Waals surface area contributed by atoms with Gasteiger partial charge in [0.15, 0.2) is 11.5 Å². The van der Waals surface area contributed by atoms with E-state index in [1.54, 1.807) is 6.07 Å². The van der Waals surface area contributed by atoms with Crippen molar-refractivity contribution in [3.05, 3.63) is 69.3 Å². The van der Waals surface area contributed by atoms with E-state index in [4.69, 9.17) is 23.9 Å². The lowest BCUT2D eigenvalue weighted by Crippen LogP contribution is -2.31. The van der Waals surface area contributed by atoms with Crippen LogP contribution in [0, 0.1) is 22.0 Å². The molecular formula is C26H19N3O7. The van der Waals surface area contributed by atoms with Gasteiger partial charge in [0.25, 0.3) is 5.69 Å². The molecule has 3 atom stereocenters. The van der Waals surface area contributed by atoms with Gasteiger partial charge in [-0.1, -0.05) is 0 Å². The van der Waals surface area contributed by atoms with Crippen molar-refractivity contribution in [2.24, 2.45) is 11.8 Å². The van der Waals surface area contributed by atoms with Gasteiger partial charge in [-0.25, -0.2) is 9.97 Å². The van der Waals surface area contributed by atoms with Crippen LogP contribution in [0.2, 0.25) is 0 Å². The van der Waals surface area contributed by atoms with E-state index in [9.17, 15) is 14.9 Å². The van der Waals surface area contributed by atoms with Gasteiger partial charge < -0.3 is 18.9 Å². The molecule has 7 rings (SSSR count). The number of esters is 1. The first-order valence-corrected chi connectivity index (χ1v) is 11.5. The average molecular weight is 485 g/mol. The minimum Gasteiger partial charge on any atom is -0.494 e. The molecule has 0 N–H and O–H groups in total. The lowest BCUT2D eigenvalue weighted by molar-refractivity contribution is -0.384. The summed E-state index contributed by atoms with van der Waals surface area (Å²) >= 11 is 0. The molecule has 10 heteroatoms. The zero-order valence-electron chi connectivity index (χ0n) is 19.1. The highest BCUT2D eigenvalue weighted by Crippen LogP contribution is 2.51. The summed E-state index contributed by atoms with van der Waals surface area (Å²) in [6, 6.07) is 12.1. The van der Waals surface area contributed by atoms with Gasteiger partial charge >= 0.3 is 5.97 Å². The monoisotopic (exact) mass is 485 g/mol. The zero-order valence-corrected chi connectivity index (χ0v) is 19.1. The number of methoxy groups -OCH3 is 1. The Kier molecular flexibility index (Phi) is 4.35. The number of rotatable bonds is 3. The van der Waals surface area contributed by atoms with Gasteiger partial charge in [-0.05, 0) is 53.4 Å². The number of carbonyl (C=O) groups excluding carboxylic acids is 1. The first kappa shape index (κ1) is 20.9. The van der Waals surface area contributed by atoms with Crippen LogP contribution in [-0.2, 0) is 16.0 Å². The molecule has 3 heterocycles. The molecule has 2 aliphatic heterocycles. The quantitative estimate of drug-likeness (QED) is 0.184. The number of ether oxygens (including phenoxy) is 4. The maximum absolute atomic E-state index is 12.9. The fourth-order valence-electron chi connectivity index (χ4n) is 5.71. The molecule has 1 fully saturated rings. The Morgan fingerprint density at radius 3 is 2.64 bits per heavy atom. The fourth-order valence-corrected chi connectivity index (χ4v) is 5.71. The molecule has 1 aliphatic carbocycles. The summed E-state index contributed by atoms with van der Waals surface area (Å²) in [6.07, 6.45) is 0.715. The van der Waals surface area contributed by atoms with Crippen molar-refractivity contribution < 1.29 is 28.7 Å². The third-order valence-corrected chi connectivity index (χ3v) is 7.33. The Hall–Kier alpha value is -4.47. The Labute approximate surface area is 203 Å². The minimum absolute atomic E-state index is 0.0419. The number of nitrogens with zero attached hydrogens (tertiary/aromatic N) is 3. The van der Waals surface area contributed by atoms with Crippen LogP contribution in [0.15, 0.2) is 42.5 Å². The molecule has 36 heavy (non-hydrogen) atoms. The van der Waals surface area contributed by atoms with Crippen molar-refractivity contribution in [1.82, 2.24) is 9.97 Å². The lowest BCUT2D eigenvalue weighted by Gasteiger charge is -2.33. The van der Waals surface area contributed by atoms with Crippen LogP contribution in [0.25, 0.3) is 22.1 Å². The van der Waals surface area contributed by atoms with E-state index in [1.807, 2.05) is 24.3 Å². The van der Waals surface area contributed by atoms with Gasteiger partial charge in [-0.15, -0.1) is 0 Å². The van der Waals surface area contributed by atoms with Crippen LogP contribution < -0.4 is 14.2 Å². The average Bonchev–Trinajstić information content (AvgIpc) is 3.49. The smallest absolute Gasteiger partial charge is 0.310 e. The molecule has 4 aromatic rings. The van der Waals surface area contributed by atoms with E-state index in [0.29, 0.717) is 52.3 Å². The molecule has 0 unspecified atom stereocenters. The maximum atomic E-state index is 12.9. The molecule has 0 saturated carbocycles. The largest absolute Gasteiger partial charge is 0.494 e. The number of cyclic esters (lactones) is 1. The summed E-state index contributed by atoms with van der Waals surface area (Å²) in [6.45, 7) is 0.546. The highest BCUT2D eigenvalue weighted by atomic mass is 16.7. The summed E-state index contributed by atoms with van der Waals surface area (Å²) in [5.74, 6) is 1.01. The zero-order chi connectivity index (χ0) is 24.6. The van der Waals surface area contributed by atoms with Crippen LogP contribution >= 0.6 is 0 Å². The van der Waals surface area contributed by atoms with E-state index in [2.05, 4.69) is 4.98 Å². The second-order valence-corrected chi connectivity index (χ2v) is 9.25. The van der Waals surface area contributed by atoms with Gasteiger partial charge in [0.1, 0.15) is 11.3 Å². The maximum Gasteiger partial charge on any atom is 0.310 e. The van der Waals surface area contributed by atoms with Crippen LogP contribution in [0.3, 0.4) is 0 Å². The van der Waals surface area contributed by atoms with E-state index in [1.165, 1.54) is 19.2 Å². The molecule has 0 spiro atoms. The normalized spacial score (nSPS) is 21.8. The summed E-state index contributed by atoms with van der Waals surface area (Å²) in [7, 11) is 1.54. The second-order valence-electron chi connectivity index (χ2n) is 9.25. The molecule has 180 valence electrons. The van der Waals surface area contributed by atoms with Crippen molar-refractivity contribution in [2.75, 3.05) is 20.5 Å². The van der Waals surface area contributed by atoms with Crippen LogP contribution in [0.1, 0.15) is 22.6 Å². The van der Waals surface area contributed by atoms with Gasteiger partial charge in [-0.3, -0.25) is 14.9 Å². The predicted molar refractivity (Wildman–Crippen MR) is 126 cm³/mol. The van der Waals surface area contributed by atoms with Gasteiger partial charge in [-0.2, -0.15) is 0 Å². The number of fused-ring (bicyclic) bond motifs is 5. The van der Waals surface area contributed by atoms with E-state index < -0.39 is 4.92 Å². The molecule has 1 saturated heterocycles. The van der Waals surface area contributed by atoms with Crippen molar-refractivity contribution in [3.63, 3.8) is 0 Å². The molecule has 0 radical (unpaired) electrons. The number of aromatic nitrogens is 2. The SMILES string of the molecule is COc1cc([C@@H]2c3cc4c(cc3C[C@H]3COC(=O)[C@@H]32)OCO4)cc2nc3ccc([N+](=O)[O-])cc3nc12. The third-order valence-electron chi connectivity index (χ3n) is 7.33. The number of non-ortho nitro benzene ring substituents is 1.